The number of benzene rings is 1. The molecule has 0 aromatic heterocycles. The molecule has 7 rings (SSSR count). The van der Waals surface area contributed by atoms with Crippen molar-refractivity contribution in [3.63, 3.8) is 0 Å². The summed E-state index contributed by atoms with van der Waals surface area (Å²) in [6.07, 6.45) is 0.695. The molecule has 1 fully saturated rings. The van der Waals surface area contributed by atoms with Crippen LogP contribution in [-0.2, 0) is 42.7 Å². The number of nitrogens with zero attached hydrogens (tertiary/aromatic N) is 3. The molecule has 22 nitrogen and oxygen atoms in total. The molecule has 5 bridgehead atoms. The van der Waals surface area contributed by atoms with Gasteiger partial charge in [-0.25, -0.2) is 4.79 Å². The molecule has 5 aliphatic heterocycles. The van der Waals surface area contributed by atoms with Crippen LogP contribution in [0.4, 0.5) is 4.79 Å². The average molecular weight is 1100 g/mol. The molecule has 12 atom stereocenters. The van der Waals surface area contributed by atoms with E-state index in [-0.39, 0.29) is 70.0 Å². The first-order valence-corrected chi connectivity index (χ1v) is 27.7. The Labute approximate surface area is 448 Å². The molecule has 1 spiro atoms. The van der Waals surface area contributed by atoms with Crippen molar-refractivity contribution in [2.75, 3.05) is 19.6 Å². The molecule has 77 heavy (non-hydrogen) atoms. The van der Waals surface area contributed by atoms with Gasteiger partial charge in [0.05, 0.1) is 41.0 Å². The van der Waals surface area contributed by atoms with Gasteiger partial charge in [0.2, 0.25) is 6.29 Å². The maximum Gasteiger partial charge on any atom is 0.415 e. The van der Waals surface area contributed by atoms with E-state index >= 15 is 9.59 Å². The first-order chi connectivity index (χ1) is 35.9. The Bertz CT molecular complexity index is 2700. The second-order valence-corrected chi connectivity index (χ2v) is 23.6. The van der Waals surface area contributed by atoms with Crippen LogP contribution in [0.5, 0.6) is 11.5 Å². The Morgan fingerprint density at radius 1 is 0.935 bits per heavy atom. The number of nitrogens with one attached hydrogen (secondary N) is 1. The van der Waals surface area contributed by atoms with Crippen molar-refractivity contribution in [2.24, 2.45) is 40.5 Å². The molecule has 1 saturated heterocycles. The number of carbonyl (C=O) groups excluding carboxylic acids is 6. The van der Waals surface area contributed by atoms with E-state index < -0.39 is 139 Å². The number of aromatic hydroxyl groups is 1. The fourth-order valence-corrected chi connectivity index (χ4v) is 11.5. The van der Waals surface area contributed by atoms with Crippen LogP contribution in [0, 0.1) is 42.4 Å². The SMILES string of the molecule is CC(=O)O[C@H]1[C@H](C)[C@H](O)[C@H](C)[C@@H](O)[C@@H](C)/C=C/C=C(/C)C(=O)NC2=C(O)c3c(O)c(C)c4c(c3C3=NC5(CCN(CC(C)C)CC5)N(C(=O)OC(C)OC(=O)CCC(C=O)P(=O)(O)O)C32)C(=O)[C@@](C)(O/C=C/[C@H](C)[C@H]1C)O4. The van der Waals surface area contributed by atoms with Crippen LogP contribution in [0.3, 0.4) is 0 Å². The van der Waals surface area contributed by atoms with Gasteiger partial charge in [-0.15, -0.1) is 0 Å². The van der Waals surface area contributed by atoms with Crippen molar-refractivity contribution in [1.82, 2.24) is 15.1 Å². The van der Waals surface area contributed by atoms with Crippen LogP contribution in [0.2, 0.25) is 0 Å². The number of piperidine rings is 1. The predicted octanol–water partition coefficient (Wildman–Crippen LogP) is 5.70. The van der Waals surface area contributed by atoms with Crippen molar-refractivity contribution >= 4 is 55.1 Å². The number of aliphatic hydroxyl groups excluding tert-OH is 3. The van der Waals surface area contributed by atoms with Crippen molar-refractivity contribution in [3.8, 4) is 11.5 Å². The number of aliphatic hydroxyl groups is 3. The summed E-state index contributed by atoms with van der Waals surface area (Å²) in [5.41, 5.74) is -4.23. The fourth-order valence-electron chi connectivity index (χ4n) is 10.8. The van der Waals surface area contributed by atoms with Crippen LogP contribution in [0.15, 0.2) is 46.8 Å². The van der Waals surface area contributed by atoms with Gasteiger partial charge in [-0.1, -0.05) is 66.7 Å². The summed E-state index contributed by atoms with van der Waals surface area (Å²) < 4.78 is 41.2. The summed E-state index contributed by atoms with van der Waals surface area (Å²) in [5, 5.41) is 50.7. The highest BCUT2D eigenvalue weighted by Crippen LogP contribution is 2.54. The highest BCUT2D eigenvalue weighted by Gasteiger charge is 2.60. The summed E-state index contributed by atoms with van der Waals surface area (Å²) in [5.74, 6) is -9.36. The third-order valence-electron chi connectivity index (χ3n) is 15.6. The van der Waals surface area contributed by atoms with Gasteiger partial charge in [-0.2, -0.15) is 0 Å². The molecular formula is C54H75N4O18P. The van der Waals surface area contributed by atoms with E-state index in [0.29, 0.717) is 19.6 Å². The maximum absolute atomic E-state index is 15.1. The number of likely N-dealkylation sites (tertiary alicyclic amines) is 1. The zero-order valence-electron chi connectivity index (χ0n) is 45.7. The molecule has 5 heterocycles. The van der Waals surface area contributed by atoms with Crippen LogP contribution >= 0.6 is 7.60 Å². The molecule has 1 aliphatic carbocycles. The van der Waals surface area contributed by atoms with Crippen LogP contribution in [-0.4, -0.2) is 149 Å². The number of amides is 2. The van der Waals surface area contributed by atoms with E-state index in [9.17, 15) is 54.0 Å². The lowest BCUT2D eigenvalue weighted by Gasteiger charge is -2.45. The van der Waals surface area contributed by atoms with Crippen molar-refractivity contribution in [2.45, 2.75) is 157 Å². The standard InChI is InChI=1S/C54H75N4O18P/c1-26(2)24-57-21-19-54(20-22-57)56-41-38-39-46(64)33(9)49-40(38)50(66)53(12,76-49)72-23-18-27(3)30(6)48(73-34(10)60)32(8)45(63)31(7)44(62)28(4)14-13-15-29(5)51(67)55-42(47(39)65)43(41)58(54)52(68)75-35(11)74-37(61)17-16-36(25-59)77(69,70)71/h13-15,18,23,25-28,30-32,35-36,43-45,48,62-65H,16-17,19-22,24H2,1-12H3,(H,55,67)(H2,69,70,71)/b14-13+,23-18+,29-15-/t27-,28-,30+,31+,32+,35?,36?,43?,44-,45+,48+,53-/m0/s1. The number of carbonyl (C=O) groups is 6. The molecule has 1 aromatic carbocycles. The molecule has 0 saturated carbocycles. The highest BCUT2D eigenvalue weighted by atomic mass is 31.2. The Balaban J connectivity index is 1.52. The minimum Gasteiger partial charge on any atom is -0.507 e. The monoisotopic (exact) mass is 1100 g/mol. The first-order valence-electron chi connectivity index (χ1n) is 26.0. The molecule has 7 N–H and O–H groups in total. The summed E-state index contributed by atoms with van der Waals surface area (Å²) >= 11 is 0. The number of aliphatic imine (C=N–C) groups is 1. The number of hydrogen-bond acceptors (Lipinski definition) is 18. The molecule has 23 heteroatoms. The lowest BCUT2D eigenvalue weighted by molar-refractivity contribution is -0.167. The largest absolute Gasteiger partial charge is 0.507 e. The van der Waals surface area contributed by atoms with Gasteiger partial charge in [0.1, 0.15) is 47.0 Å². The lowest BCUT2D eigenvalue weighted by atomic mass is 9.77. The molecule has 2 amide bonds. The van der Waals surface area contributed by atoms with Gasteiger partial charge in [-0.05, 0) is 44.1 Å². The minimum absolute atomic E-state index is 0.0116. The Morgan fingerprint density at radius 3 is 2.18 bits per heavy atom. The molecule has 3 unspecified atom stereocenters. The molecule has 0 radical (unpaired) electrons. The Morgan fingerprint density at radius 2 is 1.58 bits per heavy atom. The zero-order valence-corrected chi connectivity index (χ0v) is 46.6. The third-order valence-corrected chi connectivity index (χ3v) is 16.8. The van der Waals surface area contributed by atoms with E-state index in [0.717, 1.165) is 0 Å². The number of aldehydes is 1. The van der Waals surface area contributed by atoms with Crippen molar-refractivity contribution in [1.29, 1.82) is 0 Å². The van der Waals surface area contributed by atoms with E-state index in [1.54, 1.807) is 32.9 Å². The number of ether oxygens (including phenoxy) is 5. The number of phenolic OH excluding ortho intramolecular Hbond substituents is 1. The van der Waals surface area contributed by atoms with E-state index in [1.165, 1.54) is 57.9 Å². The highest BCUT2D eigenvalue weighted by molar-refractivity contribution is 7.53. The maximum atomic E-state index is 15.1. The topological polar surface area (TPSA) is 318 Å². The van der Waals surface area contributed by atoms with Gasteiger partial charge in [0.25, 0.3) is 11.7 Å². The fraction of sp³-hybridized carbons (Fsp3) is 0.611. The summed E-state index contributed by atoms with van der Waals surface area (Å²) in [6.45, 7) is 21.1. The quantitative estimate of drug-likeness (QED) is 0.0639. The normalized spacial score (nSPS) is 31.2. The number of ketones is 1. The predicted molar refractivity (Wildman–Crippen MR) is 279 cm³/mol. The number of hydrogen-bond donors (Lipinski definition) is 7. The van der Waals surface area contributed by atoms with Crippen LogP contribution < -0.4 is 10.1 Å². The average Bonchev–Trinajstić information content (AvgIpc) is 3.82. The number of esters is 2. The van der Waals surface area contributed by atoms with Gasteiger partial charge < -0.3 is 68.9 Å². The zero-order chi connectivity index (χ0) is 57.4. The Hall–Kier alpha value is -5.90. The van der Waals surface area contributed by atoms with E-state index in [2.05, 4.69) is 24.1 Å². The second kappa shape index (κ2) is 23.6. The summed E-state index contributed by atoms with van der Waals surface area (Å²) in [7, 11) is -4.89. The smallest absolute Gasteiger partial charge is 0.415 e. The van der Waals surface area contributed by atoms with Gasteiger partial charge in [-0.3, -0.25) is 33.6 Å². The van der Waals surface area contributed by atoms with Crippen molar-refractivity contribution < 1.29 is 87.2 Å². The molecule has 1 aromatic rings. The number of allylic oxidation sites excluding steroid dienone is 3. The minimum atomic E-state index is -4.89. The molecule has 6 aliphatic rings. The van der Waals surface area contributed by atoms with Crippen LogP contribution in [0.25, 0.3) is 5.76 Å². The molecule has 424 valence electrons. The first kappa shape index (κ1) is 60.3. The van der Waals surface area contributed by atoms with E-state index in [1.807, 2.05) is 13.8 Å². The third kappa shape index (κ3) is 12.4. The van der Waals surface area contributed by atoms with Gasteiger partial charge >= 0.3 is 31.4 Å². The van der Waals surface area contributed by atoms with E-state index in [4.69, 9.17) is 28.7 Å². The number of Topliss-reactive ketones (excluding diaryl/α,β-unsaturated/α-hetero) is 1. The lowest BCUT2D eigenvalue weighted by Crippen LogP contribution is -2.59. The molecular weight excluding hydrogens is 1020 g/mol. The van der Waals surface area contributed by atoms with Gasteiger partial charge in [0, 0.05) is 94.1 Å². The second-order valence-electron chi connectivity index (χ2n) is 21.8. The summed E-state index contributed by atoms with van der Waals surface area (Å²) in [6, 6.07) is -1.58. The van der Waals surface area contributed by atoms with Gasteiger partial charge in [0.15, 0.2) is 0 Å². The Kier molecular flexibility index (Phi) is 18.5. The van der Waals surface area contributed by atoms with Crippen molar-refractivity contribution in [3.05, 3.63) is 64.1 Å². The number of fused-ring (bicyclic) bond motifs is 13. The number of phenols is 1. The number of rotatable bonds is 10. The summed E-state index contributed by atoms with van der Waals surface area (Å²) in [4.78, 5) is 109. The van der Waals surface area contributed by atoms with Crippen LogP contribution in [0.1, 0.15) is 129 Å².